The Labute approximate surface area is 80.6 Å². The van der Waals surface area contributed by atoms with Crippen molar-refractivity contribution in [3.05, 3.63) is 40.4 Å². The van der Waals surface area contributed by atoms with Crippen molar-refractivity contribution in [3.8, 4) is 0 Å². The van der Waals surface area contributed by atoms with Crippen LogP contribution in [0.5, 0.6) is 0 Å². The molecule has 2 heteroatoms. The monoisotopic (exact) mass is 223 g/mol. The average Bonchev–Trinajstić information content (AvgIpc) is 2.04. The van der Waals surface area contributed by atoms with Crippen molar-refractivity contribution in [3.63, 3.8) is 0 Å². The summed E-state index contributed by atoms with van der Waals surface area (Å²) in [6, 6.07) is 6.33. The molecule has 12 heavy (non-hydrogen) atoms. The van der Waals surface area contributed by atoms with Crippen LogP contribution in [0.3, 0.4) is 0 Å². The summed E-state index contributed by atoms with van der Waals surface area (Å²) < 4.78 is 1.15. The van der Waals surface area contributed by atoms with E-state index in [1.165, 1.54) is 11.1 Å². The van der Waals surface area contributed by atoms with Gasteiger partial charge in [0.25, 0.3) is 0 Å². The highest BCUT2D eigenvalue weighted by Crippen LogP contribution is 2.23. The Bertz CT molecular complexity index is 331. The van der Waals surface area contributed by atoms with Crippen molar-refractivity contribution in [2.75, 3.05) is 6.54 Å². The Hall–Kier alpha value is -0.760. The van der Waals surface area contributed by atoms with Gasteiger partial charge in [0.05, 0.1) is 0 Å². The standard InChI is InChI=1S/C10H10BrN/c1-7-10-3-2-9(11)6-8(10)4-5-12-7/h2-3,6,12H,1,4-5H2. The van der Waals surface area contributed by atoms with Crippen molar-refractivity contribution in [1.29, 1.82) is 0 Å². The smallest absolute Gasteiger partial charge is 0.0343 e. The van der Waals surface area contributed by atoms with Gasteiger partial charge in [0.1, 0.15) is 0 Å². The predicted molar refractivity (Wildman–Crippen MR) is 54.9 cm³/mol. The van der Waals surface area contributed by atoms with Crippen molar-refractivity contribution < 1.29 is 0 Å². The minimum Gasteiger partial charge on any atom is -0.385 e. The third-order valence-corrected chi connectivity index (χ3v) is 2.62. The van der Waals surface area contributed by atoms with E-state index in [1.54, 1.807) is 0 Å². The Balaban J connectivity index is 2.53. The van der Waals surface area contributed by atoms with Crippen molar-refractivity contribution in [2.45, 2.75) is 6.42 Å². The molecule has 62 valence electrons. The zero-order valence-corrected chi connectivity index (χ0v) is 8.32. The van der Waals surface area contributed by atoms with Crippen LogP contribution >= 0.6 is 15.9 Å². The minimum atomic E-state index is 1.00. The Morgan fingerprint density at radius 2 is 2.25 bits per heavy atom. The molecule has 1 nitrogen and oxygen atoms in total. The Morgan fingerprint density at radius 1 is 1.42 bits per heavy atom. The second-order valence-electron chi connectivity index (χ2n) is 2.96. The van der Waals surface area contributed by atoms with Gasteiger partial charge in [-0.25, -0.2) is 0 Å². The fourth-order valence-electron chi connectivity index (χ4n) is 1.51. The number of rotatable bonds is 0. The molecule has 0 aliphatic carbocycles. The summed E-state index contributed by atoms with van der Waals surface area (Å²) in [6.07, 6.45) is 1.09. The molecule has 0 atom stereocenters. The third-order valence-electron chi connectivity index (χ3n) is 2.13. The summed E-state index contributed by atoms with van der Waals surface area (Å²) in [6.45, 7) is 4.96. The summed E-state index contributed by atoms with van der Waals surface area (Å²) in [4.78, 5) is 0. The zero-order valence-electron chi connectivity index (χ0n) is 6.73. The molecule has 1 aromatic rings. The normalized spacial score (nSPS) is 15.2. The number of hydrogen-bond donors (Lipinski definition) is 1. The number of hydrogen-bond acceptors (Lipinski definition) is 1. The minimum absolute atomic E-state index is 1.00. The van der Waals surface area contributed by atoms with Gasteiger partial charge in [-0.3, -0.25) is 0 Å². The van der Waals surface area contributed by atoms with Gasteiger partial charge in [0, 0.05) is 22.3 Å². The molecule has 1 N–H and O–H groups in total. The molecule has 2 rings (SSSR count). The molecule has 1 aliphatic rings. The van der Waals surface area contributed by atoms with E-state index in [9.17, 15) is 0 Å². The van der Waals surface area contributed by atoms with E-state index in [0.29, 0.717) is 0 Å². The van der Waals surface area contributed by atoms with Crippen molar-refractivity contribution in [1.82, 2.24) is 5.32 Å². The van der Waals surface area contributed by atoms with E-state index >= 15 is 0 Å². The number of nitrogens with one attached hydrogen (secondary N) is 1. The quantitative estimate of drug-likeness (QED) is 0.714. The fourth-order valence-corrected chi connectivity index (χ4v) is 1.92. The largest absolute Gasteiger partial charge is 0.385 e. The molecular weight excluding hydrogens is 214 g/mol. The van der Waals surface area contributed by atoms with Gasteiger partial charge in [-0.15, -0.1) is 0 Å². The van der Waals surface area contributed by atoms with Crippen LogP contribution in [0.4, 0.5) is 0 Å². The van der Waals surface area contributed by atoms with Gasteiger partial charge in [-0.1, -0.05) is 28.6 Å². The van der Waals surface area contributed by atoms with E-state index in [0.717, 1.165) is 23.1 Å². The van der Waals surface area contributed by atoms with Crippen LogP contribution in [0.2, 0.25) is 0 Å². The van der Waals surface area contributed by atoms with Gasteiger partial charge in [0.2, 0.25) is 0 Å². The molecule has 0 saturated heterocycles. The molecule has 0 spiro atoms. The molecular formula is C10H10BrN. The highest BCUT2D eigenvalue weighted by molar-refractivity contribution is 9.10. The maximum atomic E-state index is 3.96. The maximum absolute atomic E-state index is 3.96. The molecule has 0 aromatic heterocycles. The Morgan fingerprint density at radius 3 is 3.08 bits per heavy atom. The lowest BCUT2D eigenvalue weighted by atomic mass is 9.99. The van der Waals surface area contributed by atoms with E-state index < -0.39 is 0 Å². The van der Waals surface area contributed by atoms with E-state index in [2.05, 4.69) is 46.0 Å². The third kappa shape index (κ3) is 1.27. The second-order valence-corrected chi connectivity index (χ2v) is 3.87. The topological polar surface area (TPSA) is 12.0 Å². The lowest BCUT2D eigenvalue weighted by molar-refractivity contribution is 0.815. The molecule has 0 saturated carbocycles. The van der Waals surface area contributed by atoms with Crippen molar-refractivity contribution in [2.24, 2.45) is 0 Å². The molecule has 0 unspecified atom stereocenters. The van der Waals surface area contributed by atoms with E-state index in [4.69, 9.17) is 0 Å². The SMILES string of the molecule is C=C1NCCc2cc(Br)ccc21. The van der Waals surface area contributed by atoms with Crippen LogP contribution in [-0.4, -0.2) is 6.54 Å². The summed E-state index contributed by atoms with van der Waals surface area (Å²) >= 11 is 3.46. The van der Waals surface area contributed by atoms with Gasteiger partial charge in [-0.2, -0.15) is 0 Å². The first-order chi connectivity index (χ1) is 5.77. The van der Waals surface area contributed by atoms with E-state index in [1.807, 2.05) is 0 Å². The molecule has 0 fully saturated rings. The summed E-state index contributed by atoms with van der Waals surface area (Å²) in [5, 5.41) is 3.25. The first kappa shape index (κ1) is 7.87. The lowest BCUT2D eigenvalue weighted by Crippen LogP contribution is -2.21. The van der Waals surface area contributed by atoms with Crippen LogP contribution < -0.4 is 5.32 Å². The van der Waals surface area contributed by atoms with Crippen LogP contribution in [-0.2, 0) is 6.42 Å². The summed E-state index contributed by atoms with van der Waals surface area (Å²) in [5.41, 5.74) is 3.68. The molecule has 1 aliphatic heterocycles. The van der Waals surface area contributed by atoms with Gasteiger partial charge >= 0.3 is 0 Å². The van der Waals surface area contributed by atoms with Gasteiger partial charge < -0.3 is 5.32 Å². The molecule has 0 amide bonds. The number of fused-ring (bicyclic) bond motifs is 1. The molecule has 0 bridgehead atoms. The molecule has 1 aromatic carbocycles. The second kappa shape index (κ2) is 2.94. The van der Waals surface area contributed by atoms with Crippen LogP contribution in [0.1, 0.15) is 11.1 Å². The summed E-state index contributed by atoms with van der Waals surface area (Å²) in [7, 11) is 0. The van der Waals surface area contributed by atoms with Gasteiger partial charge in [-0.05, 0) is 24.1 Å². The predicted octanol–water partition coefficient (Wildman–Crippen LogP) is 2.57. The fraction of sp³-hybridized carbons (Fsp3) is 0.200. The van der Waals surface area contributed by atoms with E-state index in [-0.39, 0.29) is 0 Å². The van der Waals surface area contributed by atoms with Crippen LogP contribution in [0, 0.1) is 0 Å². The first-order valence-electron chi connectivity index (χ1n) is 3.99. The van der Waals surface area contributed by atoms with Crippen LogP contribution in [0.15, 0.2) is 29.3 Å². The number of benzene rings is 1. The number of halogens is 1. The van der Waals surface area contributed by atoms with Crippen LogP contribution in [0.25, 0.3) is 5.70 Å². The highest BCUT2D eigenvalue weighted by Gasteiger charge is 2.10. The zero-order chi connectivity index (χ0) is 8.55. The van der Waals surface area contributed by atoms with Gasteiger partial charge in [0.15, 0.2) is 0 Å². The molecule has 0 radical (unpaired) electrons. The van der Waals surface area contributed by atoms with Crippen molar-refractivity contribution >= 4 is 21.6 Å². The Kier molecular flexibility index (Phi) is 1.93. The molecule has 1 heterocycles. The summed E-state index contributed by atoms with van der Waals surface area (Å²) in [5.74, 6) is 0. The first-order valence-corrected chi connectivity index (χ1v) is 4.78. The average molecular weight is 224 g/mol. The lowest BCUT2D eigenvalue weighted by Gasteiger charge is -2.19. The maximum Gasteiger partial charge on any atom is 0.0343 e. The highest BCUT2D eigenvalue weighted by atomic mass is 79.9.